The first-order valence-electron chi connectivity index (χ1n) is 12.1. The smallest absolute Gasteiger partial charge is 0.137 e. The summed E-state index contributed by atoms with van der Waals surface area (Å²) in [7, 11) is 0. The fourth-order valence-electron chi connectivity index (χ4n) is 5.86. The highest BCUT2D eigenvalue weighted by molar-refractivity contribution is 6.12. The number of hydrogen-bond acceptors (Lipinski definition) is 2. The highest BCUT2D eigenvalue weighted by Crippen LogP contribution is 2.52. The van der Waals surface area contributed by atoms with Crippen molar-refractivity contribution in [1.29, 1.82) is 0 Å². The number of hydrogen-bond donors (Lipinski definition) is 1. The Morgan fingerprint density at radius 1 is 0.600 bits per heavy atom. The molecule has 0 spiro atoms. The number of para-hydroxylation sites is 1. The van der Waals surface area contributed by atoms with Crippen molar-refractivity contribution in [3.63, 3.8) is 0 Å². The molecular formula is C33H25NO. The van der Waals surface area contributed by atoms with Crippen molar-refractivity contribution in [1.82, 2.24) is 0 Å². The predicted molar refractivity (Wildman–Crippen MR) is 146 cm³/mol. The average Bonchev–Trinajstić information content (AvgIpc) is 3.38. The summed E-state index contributed by atoms with van der Waals surface area (Å²) in [6.07, 6.45) is 0. The summed E-state index contributed by atoms with van der Waals surface area (Å²) in [5.41, 5.74) is 12.0. The fourth-order valence-corrected chi connectivity index (χ4v) is 5.86. The second-order valence-corrected chi connectivity index (χ2v) is 9.88. The molecule has 2 nitrogen and oxygen atoms in total. The Hall–Kier alpha value is -4.30. The second kappa shape index (κ2) is 7.35. The molecule has 0 atom stereocenters. The molecule has 1 aromatic heterocycles. The Morgan fingerprint density at radius 3 is 2.17 bits per heavy atom. The minimum absolute atomic E-state index is 0.0303. The lowest BCUT2D eigenvalue weighted by molar-refractivity contribution is 0.662. The summed E-state index contributed by atoms with van der Waals surface area (Å²) in [5.74, 6) is 0. The summed E-state index contributed by atoms with van der Waals surface area (Å²) in [5, 5.41) is 5.87. The van der Waals surface area contributed by atoms with Gasteiger partial charge < -0.3 is 9.73 Å². The van der Waals surface area contributed by atoms with Gasteiger partial charge in [0, 0.05) is 16.5 Å². The van der Waals surface area contributed by atoms with Crippen molar-refractivity contribution in [2.45, 2.75) is 19.3 Å². The molecule has 0 unspecified atom stereocenters. The molecule has 7 rings (SSSR count). The molecule has 0 amide bonds. The zero-order valence-electron chi connectivity index (χ0n) is 19.8. The van der Waals surface area contributed by atoms with Crippen LogP contribution in [0.4, 0.5) is 11.4 Å². The SMILES string of the molecule is CC1(C)c2ccccc2-c2cccc(-c3ccc(Nc4cccc5oc6ccccc6c45)cc3)c21. The van der Waals surface area contributed by atoms with Gasteiger partial charge in [-0.3, -0.25) is 0 Å². The van der Waals surface area contributed by atoms with Gasteiger partial charge in [-0.05, 0) is 63.7 Å². The van der Waals surface area contributed by atoms with Crippen molar-refractivity contribution < 1.29 is 4.42 Å². The van der Waals surface area contributed by atoms with Crippen LogP contribution < -0.4 is 5.32 Å². The Labute approximate surface area is 204 Å². The van der Waals surface area contributed by atoms with E-state index in [0.717, 1.165) is 33.3 Å². The summed E-state index contributed by atoms with van der Waals surface area (Å²) in [6, 6.07) is 38.7. The molecule has 0 saturated carbocycles. The van der Waals surface area contributed by atoms with Gasteiger partial charge in [-0.2, -0.15) is 0 Å². The lowest BCUT2D eigenvalue weighted by Crippen LogP contribution is -2.16. The van der Waals surface area contributed by atoms with Crippen LogP contribution in [0.15, 0.2) is 114 Å². The van der Waals surface area contributed by atoms with Crippen LogP contribution in [0.2, 0.25) is 0 Å². The van der Waals surface area contributed by atoms with Crippen molar-refractivity contribution in [3.05, 3.63) is 120 Å². The molecule has 0 bridgehead atoms. The summed E-state index contributed by atoms with van der Waals surface area (Å²) >= 11 is 0. The topological polar surface area (TPSA) is 25.2 Å². The number of anilines is 2. The Bertz CT molecular complexity index is 1740. The largest absolute Gasteiger partial charge is 0.456 e. The van der Waals surface area contributed by atoms with E-state index in [1.54, 1.807) is 0 Å². The Kier molecular flexibility index (Phi) is 4.22. The van der Waals surface area contributed by atoms with Gasteiger partial charge in [-0.1, -0.05) is 92.7 Å². The van der Waals surface area contributed by atoms with Gasteiger partial charge in [0.25, 0.3) is 0 Å². The molecule has 1 N–H and O–H groups in total. The minimum atomic E-state index is -0.0303. The van der Waals surface area contributed by atoms with Crippen LogP contribution in [-0.2, 0) is 5.41 Å². The van der Waals surface area contributed by atoms with E-state index >= 15 is 0 Å². The van der Waals surface area contributed by atoms with Crippen LogP contribution in [0, 0.1) is 0 Å². The van der Waals surface area contributed by atoms with Gasteiger partial charge in [0.05, 0.1) is 11.1 Å². The molecular weight excluding hydrogens is 426 g/mol. The van der Waals surface area contributed by atoms with E-state index in [1.165, 1.54) is 33.4 Å². The van der Waals surface area contributed by atoms with Gasteiger partial charge in [0.1, 0.15) is 11.2 Å². The first-order valence-corrected chi connectivity index (χ1v) is 12.1. The molecule has 1 aliphatic rings. The number of nitrogens with one attached hydrogen (secondary N) is 1. The summed E-state index contributed by atoms with van der Waals surface area (Å²) in [6.45, 7) is 4.68. The molecule has 0 saturated heterocycles. The van der Waals surface area contributed by atoms with Gasteiger partial charge >= 0.3 is 0 Å². The molecule has 2 heteroatoms. The Morgan fingerprint density at radius 2 is 1.29 bits per heavy atom. The first-order chi connectivity index (χ1) is 17.1. The molecule has 1 heterocycles. The number of benzene rings is 5. The van der Waals surface area contributed by atoms with E-state index in [4.69, 9.17) is 4.42 Å². The molecule has 0 radical (unpaired) electrons. The van der Waals surface area contributed by atoms with Crippen molar-refractivity contribution in [2.75, 3.05) is 5.32 Å². The van der Waals surface area contributed by atoms with Gasteiger partial charge in [-0.15, -0.1) is 0 Å². The number of furan rings is 1. The summed E-state index contributed by atoms with van der Waals surface area (Å²) < 4.78 is 6.06. The standard InChI is InChI=1S/C33H25NO/c1-33(2)27-13-5-3-9-24(27)25-12-7-11-23(32(25)33)21-17-19-22(20-18-21)34-28-14-8-16-30-31(28)26-10-4-6-15-29(26)35-30/h3-20,34H,1-2H3. The van der Waals surface area contributed by atoms with Gasteiger partial charge in [0.15, 0.2) is 0 Å². The molecule has 5 aromatic carbocycles. The third kappa shape index (κ3) is 2.96. The van der Waals surface area contributed by atoms with E-state index in [1.807, 2.05) is 24.3 Å². The number of rotatable bonds is 3. The van der Waals surface area contributed by atoms with Crippen LogP contribution in [0.5, 0.6) is 0 Å². The molecule has 168 valence electrons. The van der Waals surface area contributed by atoms with E-state index in [0.29, 0.717) is 0 Å². The van der Waals surface area contributed by atoms with E-state index in [9.17, 15) is 0 Å². The normalized spacial score (nSPS) is 13.7. The highest BCUT2D eigenvalue weighted by atomic mass is 16.3. The maximum Gasteiger partial charge on any atom is 0.137 e. The highest BCUT2D eigenvalue weighted by Gasteiger charge is 2.37. The molecule has 0 fully saturated rings. The zero-order valence-corrected chi connectivity index (χ0v) is 19.8. The maximum absolute atomic E-state index is 6.06. The molecule has 35 heavy (non-hydrogen) atoms. The van der Waals surface area contributed by atoms with Crippen molar-refractivity contribution >= 4 is 33.3 Å². The van der Waals surface area contributed by atoms with Crippen molar-refractivity contribution in [3.8, 4) is 22.3 Å². The second-order valence-electron chi connectivity index (χ2n) is 9.88. The average molecular weight is 452 g/mol. The maximum atomic E-state index is 6.06. The van der Waals surface area contributed by atoms with Crippen LogP contribution in [-0.4, -0.2) is 0 Å². The minimum Gasteiger partial charge on any atom is -0.456 e. The van der Waals surface area contributed by atoms with Crippen molar-refractivity contribution in [2.24, 2.45) is 0 Å². The van der Waals surface area contributed by atoms with E-state index in [2.05, 4.69) is 104 Å². The van der Waals surface area contributed by atoms with Gasteiger partial charge in [0.2, 0.25) is 0 Å². The fraction of sp³-hybridized carbons (Fsp3) is 0.0909. The molecule has 0 aliphatic heterocycles. The molecule has 1 aliphatic carbocycles. The third-order valence-corrected chi connectivity index (χ3v) is 7.46. The predicted octanol–water partition coefficient (Wildman–Crippen LogP) is 9.30. The lowest BCUT2D eigenvalue weighted by Gasteiger charge is -2.24. The monoisotopic (exact) mass is 451 g/mol. The van der Waals surface area contributed by atoms with E-state index in [-0.39, 0.29) is 5.41 Å². The Balaban J connectivity index is 1.28. The van der Waals surface area contributed by atoms with Crippen LogP contribution in [0.3, 0.4) is 0 Å². The first kappa shape index (κ1) is 20.1. The quantitative estimate of drug-likeness (QED) is 0.290. The van der Waals surface area contributed by atoms with Gasteiger partial charge in [-0.25, -0.2) is 0 Å². The van der Waals surface area contributed by atoms with Crippen LogP contribution >= 0.6 is 0 Å². The number of fused-ring (bicyclic) bond motifs is 6. The third-order valence-electron chi connectivity index (χ3n) is 7.46. The summed E-state index contributed by atoms with van der Waals surface area (Å²) in [4.78, 5) is 0. The molecule has 6 aromatic rings. The lowest BCUT2D eigenvalue weighted by atomic mass is 9.79. The van der Waals surface area contributed by atoms with E-state index < -0.39 is 0 Å². The van der Waals surface area contributed by atoms with Crippen LogP contribution in [0.1, 0.15) is 25.0 Å². The zero-order chi connectivity index (χ0) is 23.6. The van der Waals surface area contributed by atoms with Crippen LogP contribution in [0.25, 0.3) is 44.2 Å².